The van der Waals surface area contributed by atoms with Crippen molar-refractivity contribution in [1.82, 2.24) is 0 Å². The van der Waals surface area contributed by atoms with Gasteiger partial charge >= 0.3 is 5.97 Å². The van der Waals surface area contributed by atoms with Crippen LogP contribution in [0, 0.1) is 0 Å². The van der Waals surface area contributed by atoms with Crippen LogP contribution < -0.4 is 9.47 Å². The third kappa shape index (κ3) is 3.51. The van der Waals surface area contributed by atoms with Crippen LogP contribution in [0.4, 0.5) is 0 Å². The maximum atomic E-state index is 10.9. The summed E-state index contributed by atoms with van der Waals surface area (Å²) in [7, 11) is 0. The Morgan fingerprint density at radius 3 is 2.40 bits per heavy atom. The van der Waals surface area contributed by atoms with Crippen molar-refractivity contribution in [3.63, 3.8) is 0 Å². The quantitative estimate of drug-likeness (QED) is 0.876. The lowest BCUT2D eigenvalue weighted by molar-refractivity contribution is 0.0696. The van der Waals surface area contributed by atoms with Gasteiger partial charge in [-0.3, -0.25) is 0 Å². The highest BCUT2D eigenvalue weighted by atomic mass is 16.5. The van der Waals surface area contributed by atoms with Gasteiger partial charge in [-0.1, -0.05) is 24.3 Å². The Bertz CT molecular complexity index is 593. The van der Waals surface area contributed by atoms with Gasteiger partial charge in [0.1, 0.15) is 6.61 Å². The van der Waals surface area contributed by atoms with Crippen molar-refractivity contribution >= 4 is 5.97 Å². The van der Waals surface area contributed by atoms with Gasteiger partial charge in [-0.15, -0.1) is 0 Å². The van der Waals surface area contributed by atoms with E-state index in [1.54, 1.807) is 18.2 Å². The normalized spacial score (nSPS) is 10.1. The average molecular weight is 272 g/mol. The Labute approximate surface area is 117 Å². The van der Waals surface area contributed by atoms with Crippen LogP contribution in [0.1, 0.15) is 22.8 Å². The van der Waals surface area contributed by atoms with E-state index < -0.39 is 5.97 Å². The molecule has 0 aliphatic carbocycles. The van der Waals surface area contributed by atoms with E-state index in [9.17, 15) is 4.79 Å². The Balaban J connectivity index is 2.09. The third-order valence-corrected chi connectivity index (χ3v) is 2.72. The Morgan fingerprint density at radius 1 is 1.05 bits per heavy atom. The van der Waals surface area contributed by atoms with Gasteiger partial charge in [-0.05, 0) is 36.8 Å². The Morgan fingerprint density at radius 2 is 1.75 bits per heavy atom. The lowest BCUT2D eigenvalue weighted by Gasteiger charge is -2.11. The molecule has 2 aromatic rings. The summed E-state index contributed by atoms with van der Waals surface area (Å²) in [6, 6.07) is 14.1. The molecule has 1 N–H and O–H groups in total. The van der Waals surface area contributed by atoms with Crippen molar-refractivity contribution in [1.29, 1.82) is 0 Å². The van der Waals surface area contributed by atoms with Gasteiger partial charge < -0.3 is 14.6 Å². The molecule has 0 aliphatic heterocycles. The van der Waals surface area contributed by atoms with Gasteiger partial charge in [0, 0.05) is 0 Å². The predicted octanol–water partition coefficient (Wildman–Crippen LogP) is 3.36. The average Bonchev–Trinajstić information content (AvgIpc) is 2.47. The van der Waals surface area contributed by atoms with E-state index in [1.807, 2.05) is 37.3 Å². The smallest absolute Gasteiger partial charge is 0.335 e. The largest absolute Gasteiger partial charge is 0.490 e. The van der Waals surface area contributed by atoms with Crippen molar-refractivity contribution in [2.24, 2.45) is 0 Å². The summed E-state index contributed by atoms with van der Waals surface area (Å²) in [6.07, 6.45) is 0. The molecule has 0 atom stereocenters. The van der Waals surface area contributed by atoms with Crippen molar-refractivity contribution in [3.05, 3.63) is 59.7 Å². The van der Waals surface area contributed by atoms with Crippen molar-refractivity contribution in [2.75, 3.05) is 6.61 Å². The summed E-state index contributed by atoms with van der Waals surface area (Å²) in [5.74, 6) is 0.390. The molecule has 0 spiro atoms. The van der Waals surface area contributed by atoms with Crippen molar-refractivity contribution in [2.45, 2.75) is 13.5 Å². The summed E-state index contributed by atoms with van der Waals surface area (Å²) in [6.45, 7) is 2.77. The standard InChI is InChI=1S/C16H16O4/c1-2-19-14-8-3-4-9-15(14)20-11-12-6-5-7-13(10-12)16(17)18/h3-10H,2,11H2,1H3,(H,17,18). The molecule has 0 bridgehead atoms. The highest BCUT2D eigenvalue weighted by Gasteiger charge is 2.06. The fraction of sp³-hybridized carbons (Fsp3) is 0.188. The number of hydrogen-bond donors (Lipinski definition) is 1. The molecule has 0 radical (unpaired) electrons. The van der Waals surface area contributed by atoms with Crippen LogP contribution in [0.25, 0.3) is 0 Å². The highest BCUT2D eigenvalue weighted by molar-refractivity contribution is 5.87. The molecule has 4 heteroatoms. The molecule has 0 amide bonds. The van der Waals surface area contributed by atoms with Gasteiger partial charge in [-0.2, -0.15) is 0 Å². The fourth-order valence-corrected chi connectivity index (χ4v) is 1.80. The van der Waals surface area contributed by atoms with E-state index in [0.717, 1.165) is 5.56 Å². The number of rotatable bonds is 6. The number of aromatic carboxylic acids is 1. The number of carboxylic acids is 1. The van der Waals surface area contributed by atoms with Gasteiger partial charge in [0.25, 0.3) is 0 Å². The van der Waals surface area contributed by atoms with E-state index >= 15 is 0 Å². The molecule has 2 aromatic carbocycles. The summed E-state index contributed by atoms with van der Waals surface area (Å²) in [5.41, 5.74) is 1.06. The van der Waals surface area contributed by atoms with Crippen molar-refractivity contribution < 1.29 is 19.4 Å². The SMILES string of the molecule is CCOc1ccccc1OCc1cccc(C(=O)O)c1. The zero-order chi connectivity index (χ0) is 14.4. The molecule has 0 heterocycles. The molecule has 0 unspecified atom stereocenters. The molecule has 20 heavy (non-hydrogen) atoms. The van der Waals surface area contributed by atoms with Crippen LogP contribution in [0.5, 0.6) is 11.5 Å². The molecule has 0 aromatic heterocycles. The topological polar surface area (TPSA) is 55.8 Å². The van der Waals surface area contributed by atoms with E-state index in [4.69, 9.17) is 14.6 Å². The number of ether oxygens (including phenoxy) is 2. The number of carbonyl (C=O) groups is 1. The van der Waals surface area contributed by atoms with E-state index in [1.165, 1.54) is 0 Å². The van der Waals surface area contributed by atoms with Crippen LogP contribution in [0.2, 0.25) is 0 Å². The van der Waals surface area contributed by atoms with Gasteiger partial charge in [0.05, 0.1) is 12.2 Å². The monoisotopic (exact) mass is 272 g/mol. The first kappa shape index (κ1) is 13.9. The minimum absolute atomic E-state index is 0.254. The van der Waals surface area contributed by atoms with E-state index in [-0.39, 0.29) is 5.56 Å². The number of benzene rings is 2. The molecular formula is C16H16O4. The predicted molar refractivity (Wildman–Crippen MR) is 75.3 cm³/mol. The second kappa shape index (κ2) is 6.61. The maximum Gasteiger partial charge on any atom is 0.335 e. The fourth-order valence-electron chi connectivity index (χ4n) is 1.80. The molecule has 0 saturated heterocycles. The number of carboxylic acid groups (broad SMARTS) is 1. The Kier molecular flexibility index (Phi) is 4.60. The maximum absolute atomic E-state index is 10.9. The molecule has 0 aliphatic rings. The molecule has 0 saturated carbocycles. The van der Waals surface area contributed by atoms with Crippen LogP contribution in [-0.4, -0.2) is 17.7 Å². The number of para-hydroxylation sites is 2. The zero-order valence-corrected chi connectivity index (χ0v) is 11.2. The zero-order valence-electron chi connectivity index (χ0n) is 11.2. The second-order valence-corrected chi connectivity index (χ2v) is 4.17. The summed E-state index contributed by atoms with van der Waals surface area (Å²) in [5, 5.41) is 8.95. The lowest BCUT2D eigenvalue weighted by Crippen LogP contribution is -2.01. The number of hydrogen-bond acceptors (Lipinski definition) is 3. The summed E-state index contributed by atoms with van der Waals surface area (Å²) < 4.78 is 11.2. The van der Waals surface area contributed by atoms with E-state index in [2.05, 4.69) is 0 Å². The minimum atomic E-state index is -0.943. The molecule has 2 rings (SSSR count). The first-order valence-corrected chi connectivity index (χ1v) is 6.37. The lowest BCUT2D eigenvalue weighted by atomic mass is 10.1. The van der Waals surface area contributed by atoms with Crippen LogP contribution in [-0.2, 0) is 6.61 Å². The third-order valence-electron chi connectivity index (χ3n) is 2.72. The first-order valence-electron chi connectivity index (χ1n) is 6.37. The van der Waals surface area contributed by atoms with Crippen LogP contribution in [0.3, 0.4) is 0 Å². The van der Waals surface area contributed by atoms with Gasteiger partial charge in [0.15, 0.2) is 11.5 Å². The van der Waals surface area contributed by atoms with Crippen LogP contribution in [0.15, 0.2) is 48.5 Å². The van der Waals surface area contributed by atoms with Crippen LogP contribution >= 0.6 is 0 Å². The highest BCUT2D eigenvalue weighted by Crippen LogP contribution is 2.27. The van der Waals surface area contributed by atoms with E-state index in [0.29, 0.717) is 24.7 Å². The molecule has 0 fully saturated rings. The minimum Gasteiger partial charge on any atom is -0.490 e. The summed E-state index contributed by atoms with van der Waals surface area (Å²) >= 11 is 0. The molecular weight excluding hydrogens is 256 g/mol. The van der Waals surface area contributed by atoms with Crippen molar-refractivity contribution in [3.8, 4) is 11.5 Å². The summed E-state index contributed by atoms with van der Waals surface area (Å²) in [4.78, 5) is 10.9. The van der Waals surface area contributed by atoms with Gasteiger partial charge in [-0.25, -0.2) is 4.79 Å². The van der Waals surface area contributed by atoms with Gasteiger partial charge in [0.2, 0.25) is 0 Å². The first-order chi connectivity index (χ1) is 9.70. The molecule has 4 nitrogen and oxygen atoms in total. The second-order valence-electron chi connectivity index (χ2n) is 4.17. The molecule has 104 valence electrons. The Hall–Kier alpha value is -2.49.